The molecule has 4 nitrogen and oxygen atoms in total. The number of rotatable bonds is 8. The van der Waals surface area contributed by atoms with Crippen molar-refractivity contribution in [3.63, 3.8) is 0 Å². The summed E-state index contributed by atoms with van der Waals surface area (Å²) in [5, 5.41) is 9.13. The first kappa shape index (κ1) is 20.8. The summed E-state index contributed by atoms with van der Waals surface area (Å²) < 4.78 is 6.45. The maximum atomic E-state index is 6.45. The number of hydrogen-bond acceptors (Lipinski definition) is 4. The molecule has 2 fully saturated rings. The molecule has 3 atom stereocenters. The van der Waals surface area contributed by atoms with Gasteiger partial charge in [0.05, 0.1) is 6.61 Å². The molecular formula is C23H39N3O. The van der Waals surface area contributed by atoms with E-state index in [0.29, 0.717) is 5.92 Å². The van der Waals surface area contributed by atoms with Crippen molar-refractivity contribution in [1.29, 1.82) is 0 Å². The molecule has 0 saturated carbocycles. The minimum atomic E-state index is -0.110. The predicted molar refractivity (Wildman–Crippen MR) is 113 cm³/mol. The molecule has 0 aliphatic carbocycles. The van der Waals surface area contributed by atoms with Crippen LogP contribution < -0.4 is 5.32 Å². The number of aryl methyl sites for hydroxylation is 2. The number of morpholine rings is 1. The third-order valence-corrected chi connectivity index (χ3v) is 6.53. The molecule has 2 heterocycles. The van der Waals surface area contributed by atoms with E-state index in [0.717, 1.165) is 32.8 Å². The Bertz CT molecular complexity index is 612. The molecular weight excluding hydrogens is 334 g/mol. The average Bonchev–Trinajstić information content (AvgIpc) is 2.69. The first-order chi connectivity index (χ1) is 13.0. The summed E-state index contributed by atoms with van der Waals surface area (Å²) in [7, 11) is 0. The van der Waals surface area contributed by atoms with Gasteiger partial charge in [0, 0.05) is 32.1 Å². The normalized spacial score (nSPS) is 28.7. The number of nitrogens with one attached hydrogen (secondary N) is 1. The highest BCUT2D eigenvalue weighted by Crippen LogP contribution is 2.48. The minimum absolute atomic E-state index is 0.0834. The van der Waals surface area contributed by atoms with Crippen molar-refractivity contribution in [3.05, 3.63) is 34.9 Å². The van der Waals surface area contributed by atoms with E-state index in [2.05, 4.69) is 68.2 Å². The zero-order valence-corrected chi connectivity index (χ0v) is 18.1. The Labute approximate surface area is 166 Å². The summed E-state index contributed by atoms with van der Waals surface area (Å²) in [6.07, 6.45) is 5.06. The van der Waals surface area contributed by atoms with Crippen molar-refractivity contribution in [1.82, 2.24) is 15.3 Å². The number of hydrazine groups is 1. The fourth-order valence-corrected chi connectivity index (χ4v) is 4.66. The quantitative estimate of drug-likeness (QED) is 0.729. The zero-order chi connectivity index (χ0) is 19.4. The van der Waals surface area contributed by atoms with Crippen LogP contribution in [0.25, 0.3) is 0 Å². The SMILES string of the molecule is CCCCN(CCCC)N1CC(C)C12NCCOC2c1ccc(C)c(C)c1. The summed E-state index contributed by atoms with van der Waals surface area (Å²) in [5.41, 5.74) is 3.90. The highest BCUT2D eigenvalue weighted by atomic mass is 16.5. The Hall–Kier alpha value is -0.940. The molecule has 2 aliphatic rings. The van der Waals surface area contributed by atoms with Crippen LogP contribution >= 0.6 is 0 Å². The number of ether oxygens (including phenoxy) is 1. The Morgan fingerprint density at radius 3 is 2.44 bits per heavy atom. The molecule has 2 aliphatic heterocycles. The number of nitrogens with zero attached hydrogens (tertiary/aromatic N) is 2. The largest absolute Gasteiger partial charge is 0.369 e. The van der Waals surface area contributed by atoms with Gasteiger partial charge in [0.1, 0.15) is 11.8 Å². The van der Waals surface area contributed by atoms with Gasteiger partial charge in [-0.1, -0.05) is 51.8 Å². The highest BCUT2D eigenvalue weighted by Gasteiger charge is 2.60. The number of benzene rings is 1. The van der Waals surface area contributed by atoms with Crippen LogP contribution in [0.4, 0.5) is 0 Å². The van der Waals surface area contributed by atoms with E-state index in [1.54, 1.807) is 0 Å². The second-order valence-electron chi connectivity index (χ2n) is 8.49. The number of unbranched alkanes of at least 4 members (excludes halogenated alkanes) is 2. The van der Waals surface area contributed by atoms with E-state index < -0.39 is 0 Å². The molecule has 27 heavy (non-hydrogen) atoms. The molecule has 1 spiro atoms. The Morgan fingerprint density at radius 1 is 1.15 bits per heavy atom. The van der Waals surface area contributed by atoms with Gasteiger partial charge in [-0.2, -0.15) is 0 Å². The molecule has 1 N–H and O–H groups in total. The lowest BCUT2D eigenvalue weighted by Crippen LogP contribution is -2.81. The summed E-state index contributed by atoms with van der Waals surface area (Å²) in [6.45, 7) is 16.5. The maximum Gasteiger partial charge on any atom is 0.119 e. The van der Waals surface area contributed by atoms with Gasteiger partial charge in [0.15, 0.2) is 0 Å². The van der Waals surface area contributed by atoms with E-state index >= 15 is 0 Å². The molecule has 2 saturated heterocycles. The Morgan fingerprint density at radius 2 is 1.85 bits per heavy atom. The van der Waals surface area contributed by atoms with Crippen molar-refractivity contribution in [2.75, 3.05) is 32.8 Å². The Balaban J connectivity index is 1.90. The lowest BCUT2D eigenvalue weighted by molar-refractivity contribution is -0.286. The summed E-state index contributed by atoms with van der Waals surface area (Å²) in [6, 6.07) is 6.85. The van der Waals surface area contributed by atoms with Crippen LogP contribution in [0.15, 0.2) is 18.2 Å². The van der Waals surface area contributed by atoms with Crippen LogP contribution in [0.5, 0.6) is 0 Å². The van der Waals surface area contributed by atoms with E-state index in [4.69, 9.17) is 4.74 Å². The fraction of sp³-hybridized carbons (Fsp3) is 0.739. The van der Waals surface area contributed by atoms with Gasteiger partial charge in [0.25, 0.3) is 0 Å². The van der Waals surface area contributed by atoms with Crippen molar-refractivity contribution in [2.24, 2.45) is 5.92 Å². The Kier molecular flexibility index (Phi) is 6.96. The van der Waals surface area contributed by atoms with Gasteiger partial charge in [-0.15, -0.1) is 0 Å². The number of hydrogen-bond donors (Lipinski definition) is 1. The fourth-order valence-electron chi connectivity index (χ4n) is 4.66. The van der Waals surface area contributed by atoms with Gasteiger partial charge in [-0.25, -0.2) is 10.0 Å². The monoisotopic (exact) mass is 373 g/mol. The second kappa shape index (κ2) is 9.04. The molecule has 0 aromatic heterocycles. The minimum Gasteiger partial charge on any atom is -0.369 e. The van der Waals surface area contributed by atoms with E-state index in [-0.39, 0.29) is 11.8 Å². The predicted octanol–water partition coefficient (Wildman–Crippen LogP) is 4.43. The molecule has 0 bridgehead atoms. The standard InChI is InChI=1S/C23H39N3O/c1-6-8-13-25(14-9-7-2)26-17-20(5)23(26)22(27-15-12-24-23)21-11-10-18(3)19(4)16-21/h10-11,16,20,22,24H,6-9,12-15,17H2,1-5H3. The third-order valence-electron chi connectivity index (χ3n) is 6.53. The van der Waals surface area contributed by atoms with Crippen molar-refractivity contribution in [3.8, 4) is 0 Å². The molecule has 0 amide bonds. The van der Waals surface area contributed by atoms with E-state index in [9.17, 15) is 0 Å². The van der Waals surface area contributed by atoms with Crippen LogP contribution in [-0.2, 0) is 4.74 Å². The molecule has 4 heteroatoms. The highest BCUT2D eigenvalue weighted by molar-refractivity contribution is 5.34. The summed E-state index contributed by atoms with van der Waals surface area (Å²) in [4.78, 5) is 0. The second-order valence-corrected chi connectivity index (χ2v) is 8.49. The molecule has 0 radical (unpaired) electrons. The lowest BCUT2D eigenvalue weighted by Gasteiger charge is -2.65. The molecule has 1 aromatic carbocycles. The van der Waals surface area contributed by atoms with Crippen molar-refractivity contribution in [2.45, 2.75) is 72.1 Å². The average molecular weight is 374 g/mol. The maximum absolute atomic E-state index is 6.45. The molecule has 3 rings (SSSR count). The van der Waals surface area contributed by atoms with Crippen LogP contribution in [-0.4, -0.2) is 48.5 Å². The van der Waals surface area contributed by atoms with Crippen molar-refractivity contribution < 1.29 is 4.74 Å². The van der Waals surface area contributed by atoms with E-state index in [1.807, 2.05) is 0 Å². The van der Waals surface area contributed by atoms with Crippen molar-refractivity contribution >= 4 is 0 Å². The molecule has 152 valence electrons. The van der Waals surface area contributed by atoms with Gasteiger partial charge in [-0.05, 0) is 43.4 Å². The van der Waals surface area contributed by atoms with Gasteiger partial charge in [0.2, 0.25) is 0 Å². The lowest BCUT2D eigenvalue weighted by atomic mass is 9.76. The zero-order valence-electron chi connectivity index (χ0n) is 18.1. The summed E-state index contributed by atoms with van der Waals surface area (Å²) >= 11 is 0. The van der Waals surface area contributed by atoms with E-state index in [1.165, 1.54) is 42.4 Å². The molecule has 3 unspecified atom stereocenters. The first-order valence-corrected chi connectivity index (χ1v) is 11.0. The van der Waals surface area contributed by atoms with Crippen LogP contribution in [0.3, 0.4) is 0 Å². The van der Waals surface area contributed by atoms with Gasteiger partial charge >= 0.3 is 0 Å². The molecule has 1 aromatic rings. The smallest absolute Gasteiger partial charge is 0.119 e. The summed E-state index contributed by atoms with van der Waals surface area (Å²) in [5.74, 6) is 0.565. The first-order valence-electron chi connectivity index (χ1n) is 11.0. The van der Waals surface area contributed by atoms with Gasteiger partial charge < -0.3 is 4.74 Å². The topological polar surface area (TPSA) is 27.7 Å². The third kappa shape index (κ3) is 3.95. The van der Waals surface area contributed by atoms with Crippen LogP contribution in [0.2, 0.25) is 0 Å². The van der Waals surface area contributed by atoms with Gasteiger partial charge in [-0.3, -0.25) is 5.32 Å². The van der Waals surface area contributed by atoms with Crippen LogP contribution in [0, 0.1) is 19.8 Å². The van der Waals surface area contributed by atoms with Crippen LogP contribution in [0.1, 0.15) is 69.2 Å².